The quantitative estimate of drug-likeness (QED) is 0.755. The lowest BCUT2D eigenvalue weighted by atomic mass is 9.85. The van der Waals surface area contributed by atoms with E-state index < -0.39 is 0 Å². The minimum absolute atomic E-state index is 0.0362. The number of allylic oxidation sites excluding steroid dienone is 1. The molecule has 0 spiro atoms. The molecule has 2 bridgehead atoms. The van der Waals surface area contributed by atoms with Crippen molar-refractivity contribution in [2.75, 3.05) is 33.0 Å². The van der Waals surface area contributed by atoms with Gasteiger partial charge in [0.1, 0.15) is 0 Å². The van der Waals surface area contributed by atoms with Gasteiger partial charge in [-0.05, 0) is 30.6 Å². The molecule has 5 atom stereocenters. The van der Waals surface area contributed by atoms with E-state index in [2.05, 4.69) is 11.5 Å². The van der Waals surface area contributed by atoms with Crippen molar-refractivity contribution in [2.24, 2.45) is 17.8 Å². The van der Waals surface area contributed by atoms with Crippen LogP contribution in [0.5, 0.6) is 0 Å². The van der Waals surface area contributed by atoms with Gasteiger partial charge < -0.3 is 14.6 Å². The van der Waals surface area contributed by atoms with Gasteiger partial charge in [0.2, 0.25) is 0 Å². The van der Waals surface area contributed by atoms with Crippen molar-refractivity contribution >= 4 is 0 Å². The molecule has 3 aliphatic rings. The van der Waals surface area contributed by atoms with E-state index in [9.17, 15) is 5.11 Å². The summed E-state index contributed by atoms with van der Waals surface area (Å²) in [6.07, 6.45) is 3.98. The standard InChI is InChI=1S/C14H23NO3/c1-2-10-7-11-8-12(10)13(16)14(11)18-9-15-3-5-17-6-4-15/h2,10-14,16H,1,3-9H2. The zero-order valence-electron chi connectivity index (χ0n) is 10.8. The Morgan fingerprint density at radius 2 is 2.11 bits per heavy atom. The maximum Gasteiger partial charge on any atom is 0.0997 e. The number of fused-ring (bicyclic) bond motifs is 2. The summed E-state index contributed by atoms with van der Waals surface area (Å²) in [5.74, 6) is 1.39. The van der Waals surface area contributed by atoms with Crippen molar-refractivity contribution in [1.82, 2.24) is 4.90 Å². The highest BCUT2D eigenvalue weighted by Gasteiger charge is 2.51. The molecule has 5 unspecified atom stereocenters. The van der Waals surface area contributed by atoms with E-state index >= 15 is 0 Å². The van der Waals surface area contributed by atoms with Crippen LogP contribution in [-0.4, -0.2) is 55.2 Å². The van der Waals surface area contributed by atoms with E-state index in [0.717, 1.165) is 39.1 Å². The Hall–Kier alpha value is -0.420. The molecule has 0 aromatic heterocycles. The van der Waals surface area contributed by atoms with Crippen LogP contribution in [-0.2, 0) is 9.47 Å². The average Bonchev–Trinajstić information content (AvgIpc) is 2.95. The Kier molecular flexibility index (Phi) is 3.71. The van der Waals surface area contributed by atoms with Gasteiger partial charge in [-0.3, -0.25) is 4.90 Å². The third-order valence-electron chi connectivity index (χ3n) is 4.80. The number of rotatable bonds is 4. The summed E-state index contributed by atoms with van der Waals surface area (Å²) in [5, 5.41) is 10.3. The fourth-order valence-electron chi connectivity index (χ4n) is 3.76. The van der Waals surface area contributed by atoms with Crippen LogP contribution in [0.1, 0.15) is 12.8 Å². The molecular formula is C14H23NO3. The van der Waals surface area contributed by atoms with E-state index in [1.165, 1.54) is 0 Å². The second-order valence-electron chi connectivity index (χ2n) is 5.78. The second kappa shape index (κ2) is 5.29. The van der Waals surface area contributed by atoms with E-state index in [1.54, 1.807) is 0 Å². The molecule has 1 N–H and O–H groups in total. The second-order valence-corrected chi connectivity index (χ2v) is 5.78. The van der Waals surface area contributed by atoms with Crippen LogP contribution < -0.4 is 0 Å². The zero-order valence-corrected chi connectivity index (χ0v) is 10.8. The van der Waals surface area contributed by atoms with E-state index in [1.807, 2.05) is 6.08 Å². The predicted molar refractivity (Wildman–Crippen MR) is 68.0 cm³/mol. The van der Waals surface area contributed by atoms with E-state index in [4.69, 9.17) is 9.47 Å². The number of hydrogen-bond acceptors (Lipinski definition) is 4. The summed E-state index contributed by atoms with van der Waals surface area (Å²) in [6.45, 7) is 7.96. The third-order valence-corrected chi connectivity index (χ3v) is 4.80. The summed E-state index contributed by atoms with van der Waals surface area (Å²) in [6, 6.07) is 0. The fraction of sp³-hybridized carbons (Fsp3) is 0.857. The number of nitrogens with zero attached hydrogens (tertiary/aromatic N) is 1. The number of aliphatic hydroxyl groups is 1. The molecular weight excluding hydrogens is 230 g/mol. The fourth-order valence-corrected chi connectivity index (χ4v) is 3.76. The van der Waals surface area contributed by atoms with Crippen molar-refractivity contribution in [3.63, 3.8) is 0 Å². The Bertz CT molecular complexity index is 301. The van der Waals surface area contributed by atoms with Crippen molar-refractivity contribution in [1.29, 1.82) is 0 Å². The molecule has 1 saturated heterocycles. The zero-order chi connectivity index (χ0) is 12.5. The van der Waals surface area contributed by atoms with Crippen molar-refractivity contribution < 1.29 is 14.6 Å². The van der Waals surface area contributed by atoms with Crippen molar-refractivity contribution in [3.05, 3.63) is 12.7 Å². The predicted octanol–water partition coefficient (Wildman–Crippen LogP) is 0.864. The molecule has 4 heteroatoms. The summed E-state index contributed by atoms with van der Waals surface area (Å²) >= 11 is 0. The lowest BCUT2D eigenvalue weighted by molar-refractivity contribution is -0.117. The first-order valence-electron chi connectivity index (χ1n) is 7.02. The molecule has 3 fully saturated rings. The molecule has 0 aromatic rings. The number of morpholine rings is 1. The maximum absolute atomic E-state index is 10.3. The third kappa shape index (κ3) is 2.23. The van der Waals surface area contributed by atoms with Crippen LogP contribution in [0.15, 0.2) is 12.7 Å². The van der Waals surface area contributed by atoms with Gasteiger partial charge in [-0.25, -0.2) is 0 Å². The Balaban J connectivity index is 1.51. The summed E-state index contributed by atoms with van der Waals surface area (Å²) in [4.78, 5) is 2.26. The van der Waals surface area contributed by atoms with E-state index in [-0.39, 0.29) is 12.2 Å². The van der Waals surface area contributed by atoms with Gasteiger partial charge in [0.15, 0.2) is 0 Å². The van der Waals surface area contributed by atoms with Gasteiger partial charge in [-0.15, -0.1) is 6.58 Å². The molecule has 2 saturated carbocycles. The maximum atomic E-state index is 10.3. The first-order valence-corrected chi connectivity index (χ1v) is 7.02. The van der Waals surface area contributed by atoms with Crippen LogP contribution in [0.4, 0.5) is 0 Å². The summed E-state index contributed by atoms with van der Waals surface area (Å²) < 4.78 is 11.3. The van der Waals surface area contributed by atoms with Crippen LogP contribution in [0.2, 0.25) is 0 Å². The van der Waals surface area contributed by atoms with Gasteiger partial charge in [0.05, 0.1) is 32.2 Å². The SMILES string of the molecule is C=CC1CC2CC1C(O)C2OCN1CCOCC1. The normalized spacial score (nSPS) is 44.4. The highest BCUT2D eigenvalue weighted by atomic mass is 16.5. The summed E-state index contributed by atoms with van der Waals surface area (Å²) in [7, 11) is 0. The topological polar surface area (TPSA) is 41.9 Å². The molecule has 4 nitrogen and oxygen atoms in total. The number of ether oxygens (including phenoxy) is 2. The Morgan fingerprint density at radius 1 is 1.33 bits per heavy atom. The van der Waals surface area contributed by atoms with Gasteiger partial charge in [0.25, 0.3) is 0 Å². The molecule has 0 aromatic carbocycles. The first-order chi connectivity index (χ1) is 8.79. The Labute approximate surface area is 109 Å². The van der Waals surface area contributed by atoms with Gasteiger partial charge in [-0.2, -0.15) is 0 Å². The van der Waals surface area contributed by atoms with Gasteiger partial charge >= 0.3 is 0 Å². The molecule has 18 heavy (non-hydrogen) atoms. The molecule has 1 aliphatic heterocycles. The molecule has 0 amide bonds. The monoisotopic (exact) mass is 253 g/mol. The molecule has 0 radical (unpaired) electrons. The largest absolute Gasteiger partial charge is 0.390 e. The minimum atomic E-state index is -0.298. The lowest BCUT2D eigenvalue weighted by Crippen LogP contribution is -2.43. The first kappa shape index (κ1) is 12.6. The van der Waals surface area contributed by atoms with Crippen LogP contribution in [0, 0.1) is 17.8 Å². The highest BCUT2D eigenvalue weighted by molar-refractivity contribution is 5.06. The molecule has 2 aliphatic carbocycles. The van der Waals surface area contributed by atoms with Crippen LogP contribution >= 0.6 is 0 Å². The lowest BCUT2D eigenvalue weighted by Gasteiger charge is -2.34. The van der Waals surface area contributed by atoms with Crippen LogP contribution in [0.25, 0.3) is 0 Å². The molecule has 3 rings (SSSR count). The van der Waals surface area contributed by atoms with E-state index in [0.29, 0.717) is 24.5 Å². The number of hydrogen-bond donors (Lipinski definition) is 1. The van der Waals surface area contributed by atoms with Gasteiger partial charge in [-0.1, -0.05) is 6.08 Å². The Morgan fingerprint density at radius 3 is 2.78 bits per heavy atom. The summed E-state index contributed by atoms with van der Waals surface area (Å²) in [5.41, 5.74) is 0. The van der Waals surface area contributed by atoms with Crippen molar-refractivity contribution in [2.45, 2.75) is 25.0 Å². The minimum Gasteiger partial charge on any atom is -0.390 e. The van der Waals surface area contributed by atoms with Gasteiger partial charge in [0, 0.05) is 13.1 Å². The number of aliphatic hydroxyl groups excluding tert-OH is 1. The highest BCUT2D eigenvalue weighted by Crippen LogP contribution is 2.50. The van der Waals surface area contributed by atoms with Crippen molar-refractivity contribution in [3.8, 4) is 0 Å². The smallest absolute Gasteiger partial charge is 0.0997 e. The van der Waals surface area contributed by atoms with Crippen LogP contribution in [0.3, 0.4) is 0 Å². The molecule has 1 heterocycles. The average molecular weight is 253 g/mol. The molecule has 102 valence electrons.